The van der Waals surface area contributed by atoms with E-state index in [1.54, 1.807) is 19.4 Å². The normalized spacial score (nSPS) is 10.3. The summed E-state index contributed by atoms with van der Waals surface area (Å²) in [6.07, 6.45) is 2.46. The van der Waals surface area contributed by atoms with Gasteiger partial charge in [0, 0.05) is 18.7 Å². The molecular formula is C22H23N3O2. The van der Waals surface area contributed by atoms with Gasteiger partial charge in [0.25, 0.3) is 5.91 Å². The molecule has 0 saturated carbocycles. The van der Waals surface area contributed by atoms with E-state index >= 15 is 0 Å². The number of rotatable bonds is 8. The van der Waals surface area contributed by atoms with Crippen LogP contribution in [0.25, 0.3) is 0 Å². The molecule has 1 amide bonds. The minimum absolute atomic E-state index is 0.165. The number of amides is 1. The van der Waals surface area contributed by atoms with E-state index in [0.29, 0.717) is 18.8 Å². The Kier molecular flexibility index (Phi) is 6.41. The van der Waals surface area contributed by atoms with E-state index in [4.69, 9.17) is 4.74 Å². The molecule has 0 saturated heterocycles. The van der Waals surface area contributed by atoms with Gasteiger partial charge in [-0.25, -0.2) is 4.98 Å². The van der Waals surface area contributed by atoms with E-state index in [9.17, 15) is 4.79 Å². The fourth-order valence-corrected chi connectivity index (χ4v) is 2.73. The number of methoxy groups -OCH3 is 1. The van der Waals surface area contributed by atoms with Gasteiger partial charge in [0.2, 0.25) is 0 Å². The zero-order valence-corrected chi connectivity index (χ0v) is 15.3. The zero-order chi connectivity index (χ0) is 18.9. The Balaban J connectivity index is 1.49. The molecule has 138 valence electrons. The molecule has 5 nitrogen and oxygen atoms in total. The first-order chi connectivity index (χ1) is 13.3. The van der Waals surface area contributed by atoms with Gasteiger partial charge >= 0.3 is 0 Å². The van der Waals surface area contributed by atoms with Crippen LogP contribution < -0.4 is 15.4 Å². The monoisotopic (exact) mass is 361 g/mol. The van der Waals surface area contributed by atoms with Crippen LogP contribution in [0.5, 0.6) is 5.75 Å². The summed E-state index contributed by atoms with van der Waals surface area (Å²) >= 11 is 0. The first-order valence-electron chi connectivity index (χ1n) is 8.90. The van der Waals surface area contributed by atoms with Crippen molar-refractivity contribution >= 4 is 11.6 Å². The summed E-state index contributed by atoms with van der Waals surface area (Å²) in [4.78, 5) is 16.5. The molecule has 2 N–H and O–H groups in total. The van der Waals surface area contributed by atoms with E-state index in [-0.39, 0.29) is 5.91 Å². The second-order valence-electron chi connectivity index (χ2n) is 6.09. The summed E-state index contributed by atoms with van der Waals surface area (Å²) in [5.74, 6) is 0.676. The molecule has 27 heavy (non-hydrogen) atoms. The summed E-state index contributed by atoms with van der Waals surface area (Å²) in [6, 6.07) is 21.5. The first kappa shape index (κ1) is 18.5. The van der Waals surface area contributed by atoms with Crippen LogP contribution in [0.2, 0.25) is 0 Å². The highest BCUT2D eigenvalue weighted by Gasteiger charge is 2.07. The van der Waals surface area contributed by atoms with Crippen LogP contribution in [-0.2, 0) is 13.0 Å². The molecule has 0 unspecified atom stereocenters. The van der Waals surface area contributed by atoms with Gasteiger partial charge in [-0.15, -0.1) is 0 Å². The average Bonchev–Trinajstić information content (AvgIpc) is 2.73. The third-order valence-electron chi connectivity index (χ3n) is 4.21. The quantitative estimate of drug-likeness (QED) is 0.642. The molecule has 0 radical (unpaired) electrons. The predicted octanol–water partition coefficient (Wildman–Crippen LogP) is 3.67. The molecular weight excluding hydrogens is 338 g/mol. The van der Waals surface area contributed by atoms with Gasteiger partial charge in [-0.1, -0.05) is 48.5 Å². The highest BCUT2D eigenvalue weighted by Crippen LogP contribution is 2.18. The third-order valence-corrected chi connectivity index (χ3v) is 4.21. The summed E-state index contributed by atoms with van der Waals surface area (Å²) in [6.45, 7) is 1.20. The molecule has 0 fully saturated rings. The predicted molar refractivity (Wildman–Crippen MR) is 107 cm³/mol. The third kappa shape index (κ3) is 5.31. The van der Waals surface area contributed by atoms with Gasteiger partial charge in [0.05, 0.1) is 19.0 Å². The minimum Gasteiger partial charge on any atom is -0.496 e. The van der Waals surface area contributed by atoms with Crippen LogP contribution in [0.4, 0.5) is 5.69 Å². The molecule has 0 atom stereocenters. The summed E-state index contributed by atoms with van der Waals surface area (Å²) in [5, 5.41) is 6.19. The van der Waals surface area contributed by atoms with Crippen LogP contribution in [0.15, 0.2) is 72.9 Å². The van der Waals surface area contributed by atoms with E-state index in [1.165, 1.54) is 5.56 Å². The van der Waals surface area contributed by atoms with Gasteiger partial charge in [0.15, 0.2) is 0 Å². The Morgan fingerprint density at radius 3 is 2.52 bits per heavy atom. The molecule has 0 aliphatic heterocycles. The Morgan fingerprint density at radius 1 is 1.00 bits per heavy atom. The van der Waals surface area contributed by atoms with E-state index in [0.717, 1.165) is 23.4 Å². The van der Waals surface area contributed by atoms with Gasteiger partial charge in [-0.2, -0.15) is 0 Å². The second-order valence-corrected chi connectivity index (χ2v) is 6.09. The van der Waals surface area contributed by atoms with Gasteiger partial charge in [-0.3, -0.25) is 4.79 Å². The smallest absolute Gasteiger partial charge is 0.269 e. The highest BCUT2D eigenvalue weighted by molar-refractivity contribution is 5.92. The molecule has 0 aliphatic rings. The Hall–Kier alpha value is -3.34. The number of hydrogen-bond donors (Lipinski definition) is 2. The van der Waals surface area contributed by atoms with Crippen molar-refractivity contribution in [1.82, 2.24) is 10.3 Å². The van der Waals surface area contributed by atoms with Crippen LogP contribution in [0.3, 0.4) is 0 Å². The largest absolute Gasteiger partial charge is 0.496 e. The van der Waals surface area contributed by atoms with Crippen LogP contribution in [0, 0.1) is 0 Å². The second kappa shape index (κ2) is 9.38. The van der Waals surface area contributed by atoms with Crippen molar-refractivity contribution in [3.8, 4) is 5.75 Å². The molecule has 0 bridgehead atoms. The van der Waals surface area contributed by atoms with Gasteiger partial charge < -0.3 is 15.4 Å². The maximum Gasteiger partial charge on any atom is 0.269 e. The number of benzene rings is 2. The molecule has 3 aromatic rings. The molecule has 2 aromatic carbocycles. The maximum atomic E-state index is 12.2. The first-order valence-corrected chi connectivity index (χ1v) is 8.90. The lowest BCUT2D eigenvalue weighted by Crippen LogP contribution is -2.26. The van der Waals surface area contributed by atoms with Crippen LogP contribution in [0.1, 0.15) is 21.6 Å². The Bertz CT molecular complexity index is 864. The standard InChI is InChI=1S/C22H23N3O2/c1-27-21-10-6-5-9-18(21)15-24-19-11-12-20(25-16-19)22(26)23-14-13-17-7-3-2-4-8-17/h2-12,16,24H,13-15H2,1H3,(H,23,26). The molecule has 1 aromatic heterocycles. The van der Waals surface area contributed by atoms with Crippen molar-refractivity contribution in [2.75, 3.05) is 19.0 Å². The number of nitrogens with one attached hydrogen (secondary N) is 2. The lowest BCUT2D eigenvalue weighted by molar-refractivity contribution is 0.0949. The van der Waals surface area contributed by atoms with Crippen molar-refractivity contribution in [1.29, 1.82) is 0 Å². The number of carbonyl (C=O) groups is 1. The lowest BCUT2D eigenvalue weighted by Gasteiger charge is -2.10. The van der Waals surface area contributed by atoms with Crippen LogP contribution in [-0.4, -0.2) is 24.5 Å². The number of pyridine rings is 1. The Labute approximate surface area is 159 Å². The number of carbonyl (C=O) groups excluding carboxylic acids is 1. The summed E-state index contributed by atoms with van der Waals surface area (Å²) in [7, 11) is 1.66. The number of ether oxygens (including phenoxy) is 1. The van der Waals surface area contributed by atoms with E-state index in [2.05, 4.69) is 15.6 Å². The van der Waals surface area contributed by atoms with E-state index < -0.39 is 0 Å². The van der Waals surface area contributed by atoms with Crippen LogP contribution >= 0.6 is 0 Å². The number of hydrogen-bond acceptors (Lipinski definition) is 4. The highest BCUT2D eigenvalue weighted by atomic mass is 16.5. The number of nitrogens with zero attached hydrogens (tertiary/aromatic N) is 1. The van der Waals surface area contributed by atoms with Crippen molar-refractivity contribution in [3.63, 3.8) is 0 Å². The summed E-state index contributed by atoms with van der Waals surface area (Å²) in [5.41, 5.74) is 3.51. The fraction of sp³-hybridized carbons (Fsp3) is 0.182. The molecule has 0 spiro atoms. The summed E-state index contributed by atoms with van der Waals surface area (Å²) < 4.78 is 5.35. The topological polar surface area (TPSA) is 63.2 Å². The van der Waals surface area contributed by atoms with Crippen molar-refractivity contribution in [3.05, 3.63) is 89.7 Å². The van der Waals surface area contributed by atoms with Gasteiger partial charge in [0.1, 0.15) is 11.4 Å². The molecule has 5 heteroatoms. The number of para-hydroxylation sites is 1. The average molecular weight is 361 g/mol. The number of anilines is 1. The lowest BCUT2D eigenvalue weighted by atomic mass is 10.1. The minimum atomic E-state index is -0.165. The number of aromatic nitrogens is 1. The molecule has 1 heterocycles. The van der Waals surface area contributed by atoms with Crippen molar-refractivity contribution < 1.29 is 9.53 Å². The van der Waals surface area contributed by atoms with Gasteiger partial charge in [-0.05, 0) is 30.2 Å². The van der Waals surface area contributed by atoms with Crippen molar-refractivity contribution in [2.24, 2.45) is 0 Å². The van der Waals surface area contributed by atoms with Crippen molar-refractivity contribution in [2.45, 2.75) is 13.0 Å². The fourth-order valence-electron chi connectivity index (χ4n) is 2.73. The maximum absolute atomic E-state index is 12.2. The van der Waals surface area contributed by atoms with E-state index in [1.807, 2.05) is 60.7 Å². The zero-order valence-electron chi connectivity index (χ0n) is 15.3. The Morgan fingerprint density at radius 2 is 1.78 bits per heavy atom. The SMILES string of the molecule is COc1ccccc1CNc1ccc(C(=O)NCCc2ccccc2)nc1. The molecule has 0 aliphatic carbocycles. The molecule has 3 rings (SSSR count).